The molecule has 0 aliphatic heterocycles. The molecule has 29 heavy (non-hydrogen) atoms. The summed E-state index contributed by atoms with van der Waals surface area (Å²) in [7, 11) is 0. The van der Waals surface area contributed by atoms with E-state index in [0.717, 1.165) is 17.7 Å². The van der Waals surface area contributed by atoms with Crippen molar-refractivity contribution in [2.75, 3.05) is 13.2 Å². The number of carbonyl (C=O) groups excluding carboxylic acids is 1. The van der Waals surface area contributed by atoms with Crippen molar-refractivity contribution in [2.45, 2.75) is 20.3 Å². The van der Waals surface area contributed by atoms with E-state index in [4.69, 9.17) is 4.74 Å². The van der Waals surface area contributed by atoms with Crippen LogP contribution in [-0.4, -0.2) is 25.3 Å². The van der Waals surface area contributed by atoms with Gasteiger partial charge >= 0.3 is 0 Å². The summed E-state index contributed by atoms with van der Waals surface area (Å²) < 4.78 is 5.56. The minimum absolute atomic E-state index is 0.00483. The van der Waals surface area contributed by atoms with Gasteiger partial charge in [0.2, 0.25) is 0 Å². The smallest absolute Gasteiger partial charge is 0.257 e. The fourth-order valence-electron chi connectivity index (χ4n) is 2.80. The van der Waals surface area contributed by atoms with Gasteiger partial charge in [-0.15, -0.1) is 0 Å². The van der Waals surface area contributed by atoms with Crippen molar-refractivity contribution >= 4 is 17.8 Å². The SMILES string of the molecule is Cc1ccc(N=Cc2ccc(OCC(=O)NCCc3ccccc3)cc2)cc1C. The Morgan fingerprint density at radius 1 is 0.966 bits per heavy atom. The Bertz CT molecular complexity index is 964. The molecule has 0 radical (unpaired) electrons. The second-order valence-corrected chi connectivity index (χ2v) is 6.97. The molecule has 0 heterocycles. The van der Waals surface area contributed by atoms with E-state index in [9.17, 15) is 4.79 Å². The summed E-state index contributed by atoms with van der Waals surface area (Å²) in [5, 5.41) is 2.87. The number of ether oxygens (including phenoxy) is 1. The number of nitrogens with one attached hydrogen (secondary N) is 1. The molecule has 0 aliphatic rings. The first-order valence-corrected chi connectivity index (χ1v) is 9.75. The van der Waals surface area contributed by atoms with Crippen molar-refractivity contribution in [1.29, 1.82) is 0 Å². The van der Waals surface area contributed by atoms with Gasteiger partial charge in [-0.2, -0.15) is 0 Å². The Morgan fingerprint density at radius 2 is 1.72 bits per heavy atom. The van der Waals surface area contributed by atoms with E-state index >= 15 is 0 Å². The van der Waals surface area contributed by atoms with Gasteiger partial charge in [-0.05, 0) is 78.9 Å². The van der Waals surface area contributed by atoms with Gasteiger partial charge in [0.25, 0.3) is 5.91 Å². The first kappa shape index (κ1) is 20.3. The summed E-state index contributed by atoms with van der Waals surface area (Å²) in [6.07, 6.45) is 2.63. The number of rotatable bonds is 8. The lowest BCUT2D eigenvalue weighted by Crippen LogP contribution is -2.30. The van der Waals surface area contributed by atoms with Gasteiger partial charge in [-0.25, -0.2) is 0 Å². The lowest BCUT2D eigenvalue weighted by molar-refractivity contribution is -0.123. The summed E-state index contributed by atoms with van der Waals surface area (Å²) in [6, 6.07) is 23.8. The molecule has 0 aromatic heterocycles. The van der Waals surface area contributed by atoms with Gasteiger partial charge in [-0.3, -0.25) is 9.79 Å². The van der Waals surface area contributed by atoms with Crippen LogP contribution in [0.2, 0.25) is 0 Å². The fourth-order valence-corrected chi connectivity index (χ4v) is 2.80. The van der Waals surface area contributed by atoms with Gasteiger partial charge in [0.15, 0.2) is 6.61 Å². The van der Waals surface area contributed by atoms with E-state index in [2.05, 4.69) is 36.3 Å². The Kier molecular flexibility index (Phi) is 7.17. The number of nitrogens with zero attached hydrogens (tertiary/aromatic N) is 1. The molecule has 0 unspecified atom stereocenters. The molecule has 148 valence electrons. The van der Waals surface area contributed by atoms with E-state index < -0.39 is 0 Å². The molecule has 3 aromatic rings. The molecule has 1 N–H and O–H groups in total. The van der Waals surface area contributed by atoms with Crippen molar-refractivity contribution in [3.8, 4) is 5.75 Å². The molecule has 0 fully saturated rings. The normalized spacial score (nSPS) is 10.8. The van der Waals surface area contributed by atoms with Crippen LogP contribution in [0.1, 0.15) is 22.3 Å². The van der Waals surface area contributed by atoms with Crippen LogP contribution < -0.4 is 10.1 Å². The van der Waals surface area contributed by atoms with E-state index in [1.54, 1.807) is 0 Å². The highest BCUT2D eigenvalue weighted by atomic mass is 16.5. The summed E-state index contributed by atoms with van der Waals surface area (Å²) in [5.74, 6) is 0.535. The Balaban J connectivity index is 1.43. The molecule has 4 heteroatoms. The maximum Gasteiger partial charge on any atom is 0.257 e. The number of hydrogen-bond acceptors (Lipinski definition) is 3. The maximum atomic E-state index is 11.9. The lowest BCUT2D eigenvalue weighted by atomic mass is 10.1. The van der Waals surface area contributed by atoms with E-state index in [1.807, 2.05) is 66.9 Å². The molecule has 3 rings (SSSR count). The van der Waals surface area contributed by atoms with Gasteiger partial charge in [0.1, 0.15) is 5.75 Å². The highest BCUT2D eigenvalue weighted by Crippen LogP contribution is 2.17. The van der Waals surface area contributed by atoms with Gasteiger partial charge < -0.3 is 10.1 Å². The number of carbonyl (C=O) groups is 1. The summed E-state index contributed by atoms with van der Waals surface area (Å²) in [6.45, 7) is 4.77. The lowest BCUT2D eigenvalue weighted by Gasteiger charge is -2.08. The third kappa shape index (κ3) is 6.61. The molecule has 0 bridgehead atoms. The van der Waals surface area contributed by atoms with Crippen LogP contribution in [0, 0.1) is 13.8 Å². The molecular weight excluding hydrogens is 360 g/mol. The second kappa shape index (κ2) is 10.2. The standard InChI is InChI=1S/C25H26N2O2/c1-19-8-11-23(16-20(19)2)27-17-22-9-12-24(13-10-22)29-18-25(28)26-15-14-21-6-4-3-5-7-21/h3-13,16-17H,14-15,18H2,1-2H3,(H,26,28). The quantitative estimate of drug-likeness (QED) is 0.566. The average Bonchev–Trinajstić information content (AvgIpc) is 2.74. The number of benzene rings is 3. The molecule has 0 saturated carbocycles. The highest BCUT2D eigenvalue weighted by Gasteiger charge is 2.03. The van der Waals surface area contributed by atoms with Crippen LogP contribution in [-0.2, 0) is 11.2 Å². The van der Waals surface area contributed by atoms with Crippen LogP contribution in [0.4, 0.5) is 5.69 Å². The molecule has 0 aliphatic carbocycles. The molecule has 1 amide bonds. The zero-order chi connectivity index (χ0) is 20.5. The molecule has 3 aromatic carbocycles. The molecule has 0 spiro atoms. The third-order valence-corrected chi connectivity index (χ3v) is 4.68. The van der Waals surface area contributed by atoms with Crippen molar-refractivity contribution in [2.24, 2.45) is 4.99 Å². The van der Waals surface area contributed by atoms with Crippen molar-refractivity contribution < 1.29 is 9.53 Å². The predicted molar refractivity (Wildman–Crippen MR) is 118 cm³/mol. The van der Waals surface area contributed by atoms with E-state index in [1.165, 1.54) is 16.7 Å². The largest absolute Gasteiger partial charge is 0.484 e. The van der Waals surface area contributed by atoms with Crippen LogP contribution >= 0.6 is 0 Å². The fraction of sp³-hybridized carbons (Fsp3) is 0.200. The van der Waals surface area contributed by atoms with Gasteiger partial charge in [-0.1, -0.05) is 36.4 Å². The average molecular weight is 386 g/mol. The van der Waals surface area contributed by atoms with Crippen molar-refractivity contribution in [3.63, 3.8) is 0 Å². The minimum atomic E-state index is -0.124. The monoisotopic (exact) mass is 386 g/mol. The first-order valence-electron chi connectivity index (χ1n) is 9.75. The van der Waals surface area contributed by atoms with Crippen LogP contribution in [0.3, 0.4) is 0 Å². The number of aryl methyl sites for hydroxylation is 2. The van der Waals surface area contributed by atoms with E-state index in [-0.39, 0.29) is 12.5 Å². The van der Waals surface area contributed by atoms with Crippen molar-refractivity contribution in [1.82, 2.24) is 5.32 Å². The van der Waals surface area contributed by atoms with Gasteiger partial charge in [0, 0.05) is 12.8 Å². The molecular formula is C25H26N2O2. The van der Waals surface area contributed by atoms with E-state index in [0.29, 0.717) is 12.3 Å². The minimum Gasteiger partial charge on any atom is -0.484 e. The Labute approximate surface area is 172 Å². The zero-order valence-corrected chi connectivity index (χ0v) is 16.9. The zero-order valence-electron chi connectivity index (χ0n) is 16.9. The highest BCUT2D eigenvalue weighted by molar-refractivity contribution is 5.82. The summed E-state index contributed by atoms with van der Waals surface area (Å²) >= 11 is 0. The molecule has 0 atom stereocenters. The Hall–Kier alpha value is -3.40. The Morgan fingerprint density at radius 3 is 2.45 bits per heavy atom. The summed E-state index contributed by atoms with van der Waals surface area (Å²) in [4.78, 5) is 16.4. The van der Waals surface area contributed by atoms with Crippen molar-refractivity contribution in [3.05, 3.63) is 95.1 Å². The first-order chi connectivity index (χ1) is 14.1. The molecule has 4 nitrogen and oxygen atoms in total. The van der Waals surface area contributed by atoms with Crippen LogP contribution in [0.25, 0.3) is 0 Å². The van der Waals surface area contributed by atoms with Gasteiger partial charge in [0.05, 0.1) is 5.69 Å². The number of hydrogen-bond donors (Lipinski definition) is 1. The van der Waals surface area contributed by atoms with Crippen LogP contribution in [0.5, 0.6) is 5.75 Å². The van der Waals surface area contributed by atoms with Crippen LogP contribution in [0.15, 0.2) is 77.8 Å². The number of aliphatic imine (C=N–C) groups is 1. The topological polar surface area (TPSA) is 50.7 Å². The summed E-state index contributed by atoms with van der Waals surface area (Å²) in [5.41, 5.74) is 5.59. The maximum absolute atomic E-state index is 11.9. The predicted octanol–water partition coefficient (Wildman–Crippen LogP) is 4.79. The molecule has 0 saturated heterocycles. The number of amides is 1. The third-order valence-electron chi connectivity index (χ3n) is 4.68. The second-order valence-electron chi connectivity index (χ2n) is 6.97.